The second-order valence-electron chi connectivity index (χ2n) is 1.91. The first-order chi connectivity index (χ1) is 3.80. The van der Waals surface area contributed by atoms with Crippen molar-refractivity contribution >= 4 is 5.97 Å². The fourth-order valence-electron chi connectivity index (χ4n) is 0.856. The maximum atomic E-state index is 10.0. The van der Waals surface area contributed by atoms with Crippen LogP contribution in [0.15, 0.2) is 11.6 Å². The van der Waals surface area contributed by atoms with Crippen molar-refractivity contribution in [1.82, 2.24) is 0 Å². The SMILES string of the molecule is O=C([O-])C1=CCCC1.[K+]. The minimum Gasteiger partial charge on any atom is -0.545 e. The van der Waals surface area contributed by atoms with Crippen LogP contribution in [0, 0.1) is 0 Å². The first-order valence-electron chi connectivity index (χ1n) is 2.71. The summed E-state index contributed by atoms with van der Waals surface area (Å²) in [6.45, 7) is 0. The molecule has 0 aliphatic heterocycles. The van der Waals surface area contributed by atoms with Gasteiger partial charge in [0.05, 0.1) is 5.97 Å². The van der Waals surface area contributed by atoms with Gasteiger partial charge in [-0.1, -0.05) is 6.08 Å². The Kier molecular flexibility index (Phi) is 5.06. The molecular weight excluding hydrogens is 143 g/mol. The predicted octanol–water partition coefficient (Wildman–Crippen LogP) is -3.15. The van der Waals surface area contributed by atoms with Gasteiger partial charge < -0.3 is 9.90 Å². The molecule has 0 unspecified atom stereocenters. The first-order valence-corrected chi connectivity index (χ1v) is 2.71. The molecule has 1 rings (SSSR count). The molecule has 0 aromatic heterocycles. The van der Waals surface area contributed by atoms with Crippen molar-refractivity contribution < 1.29 is 61.3 Å². The number of allylic oxidation sites excluding steroid dienone is 1. The van der Waals surface area contributed by atoms with Crippen LogP contribution >= 0.6 is 0 Å². The average molecular weight is 150 g/mol. The third kappa shape index (κ3) is 2.95. The first kappa shape index (κ1) is 9.85. The summed E-state index contributed by atoms with van der Waals surface area (Å²) in [5.41, 5.74) is 0.477. The zero-order valence-electron chi connectivity index (χ0n) is 5.52. The molecule has 1 aliphatic rings. The van der Waals surface area contributed by atoms with Crippen molar-refractivity contribution in [2.24, 2.45) is 0 Å². The van der Waals surface area contributed by atoms with Gasteiger partial charge in [-0.15, -0.1) is 0 Å². The van der Waals surface area contributed by atoms with Crippen LogP contribution in [-0.2, 0) is 4.79 Å². The standard InChI is InChI=1S/C6H8O2.K/c7-6(8)5-3-1-2-4-5;/h3H,1-2,4H2,(H,7,8);/q;+1/p-1. The zero-order chi connectivity index (χ0) is 5.98. The third-order valence-corrected chi connectivity index (χ3v) is 1.30. The fraction of sp³-hybridized carbons (Fsp3) is 0.500. The van der Waals surface area contributed by atoms with Gasteiger partial charge >= 0.3 is 51.4 Å². The van der Waals surface area contributed by atoms with E-state index in [0.717, 1.165) is 12.8 Å². The summed E-state index contributed by atoms with van der Waals surface area (Å²) >= 11 is 0. The van der Waals surface area contributed by atoms with Crippen molar-refractivity contribution in [1.29, 1.82) is 0 Å². The Labute approximate surface area is 96.7 Å². The van der Waals surface area contributed by atoms with E-state index < -0.39 is 5.97 Å². The van der Waals surface area contributed by atoms with Crippen molar-refractivity contribution in [3.8, 4) is 0 Å². The van der Waals surface area contributed by atoms with Crippen LogP contribution in [0.1, 0.15) is 19.3 Å². The summed E-state index contributed by atoms with van der Waals surface area (Å²) in [5.74, 6) is -0.998. The van der Waals surface area contributed by atoms with Gasteiger partial charge in [-0.05, 0) is 24.8 Å². The van der Waals surface area contributed by atoms with Gasteiger partial charge in [0.15, 0.2) is 0 Å². The molecule has 0 aromatic carbocycles. The molecule has 0 heterocycles. The number of carbonyl (C=O) groups is 1. The molecule has 3 heteroatoms. The molecule has 1 aliphatic carbocycles. The largest absolute Gasteiger partial charge is 1.00 e. The Morgan fingerprint density at radius 1 is 1.67 bits per heavy atom. The smallest absolute Gasteiger partial charge is 0.545 e. The monoisotopic (exact) mass is 150 g/mol. The summed E-state index contributed by atoms with van der Waals surface area (Å²) in [5, 5.41) is 10.0. The summed E-state index contributed by atoms with van der Waals surface area (Å²) in [4.78, 5) is 10.0. The van der Waals surface area contributed by atoms with Gasteiger partial charge in [0.2, 0.25) is 0 Å². The summed E-state index contributed by atoms with van der Waals surface area (Å²) in [6, 6.07) is 0. The molecule has 0 amide bonds. The zero-order valence-corrected chi connectivity index (χ0v) is 8.64. The molecule has 0 fully saturated rings. The molecule has 0 aromatic rings. The maximum Gasteiger partial charge on any atom is 1.00 e. The molecule has 0 saturated heterocycles. The van der Waals surface area contributed by atoms with E-state index in [0.29, 0.717) is 12.0 Å². The molecule has 2 nitrogen and oxygen atoms in total. The molecular formula is C6H7KO2. The van der Waals surface area contributed by atoms with E-state index in [1.807, 2.05) is 0 Å². The molecule has 0 bridgehead atoms. The quantitative estimate of drug-likeness (QED) is 0.370. The Bertz CT molecular complexity index is 140. The van der Waals surface area contributed by atoms with Gasteiger partial charge in [-0.25, -0.2) is 0 Å². The van der Waals surface area contributed by atoms with Crippen LogP contribution in [-0.4, -0.2) is 5.97 Å². The molecule has 44 valence electrons. The predicted molar refractivity (Wildman–Crippen MR) is 26.9 cm³/mol. The number of aliphatic carboxylic acids is 1. The van der Waals surface area contributed by atoms with E-state index in [1.54, 1.807) is 6.08 Å². The van der Waals surface area contributed by atoms with E-state index in [-0.39, 0.29) is 51.4 Å². The third-order valence-electron chi connectivity index (χ3n) is 1.30. The van der Waals surface area contributed by atoms with Crippen LogP contribution in [0.5, 0.6) is 0 Å². The van der Waals surface area contributed by atoms with E-state index in [2.05, 4.69) is 0 Å². The van der Waals surface area contributed by atoms with E-state index >= 15 is 0 Å². The second kappa shape index (κ2) is 4.63. The maximum absolute atomic E-state index is 10.0. The summed E-state index contributed by atoms with van der Waals surface area (Å²) < 4.78 is 0. The van der Waals surface area contributed by atoms with E-state index in [9.17, 15) is 9.90 Å². The fourth-order valence-corrected chi connectivity index (χ4v) is 0.856. The average Bonchev–Trinajstić information content (AvgIpc) is 2.12. The summed E-state index contributed by atoms with van der Waals surface area (Å²) in [7, 11) is 0. The van der Waals surface area contributed by atoms with Crippen LogP contribution in [0.4, 0.5) is 0 Å². The molecule has 0 atom stereocenters. The van der Waals surface area contributed by atoms with Crippen LogP contribution in [0.2, 0.25) is 0 Å². The van der Waals surface area contributed by atoms with Crippen LogP contribution in [0.25, 0.3) is 0 Å². The number of rotatable bonds is 1. The van der Waals surface area contributed by atoms with Crippen molar-refractivity contribution in [3.05, 3.63) is 11.6 Å². The second-order valence-corrected chi connectivity index (χ2v) is 1.91. The Hall–Kier alpha value is 0.846. The number of hydrogen-bond acceptors (Lipinski definition) is 2. The van der Waals surface area contributed by atoms with Crippen molar-refractivity contribution in [2.75, 3.05) is 0 Å². The Balaban J connectivity index is 0.000000640. The number of carbonyl (C=O) groups excluding carboxylic acids is 1. The Morgan fingerprint density at radius 3 is 2.56 bits per heavy atom. The van der Waals surface area contributed by atoms with Gasteiger partial charge in [0.25, 0.3) is 0 Å². The van der Waals surface area contributed by atoms with Gasteiger partial charge in [-0.3, -0.25) is 0 Å². The van der Waals surface area contributed by atoms with Crippen molar-refractivity contribution in [2.45, 2.75) is 19.3 Å². The van der Waals surface area contributed by atoms with E-state index in [1.165, 1.54) is 0 Å². The molecule has 9 heavy (non-hydrogen) atoms. The van der Waals surface area contributed by atoms with Gasteiger partial charge in [-0.2, -0.15) is 0 Å². The van der Waals surface area contributed by atoms with Crippen molar-refractivity contribution in [3.63, 3.8) is 0 Å². The van der Waals surface area contributed by atoms with Gasteiger partial charge in [0.1, 0.15) is 0 Å². The topological polar surface area (TPSA) is 40.1 Å². The Morgan fingerprint density at radius 2 is 2.33 bits per heavy atom. The number of carboxylic acid groups (broad SMARTS) is 1. The van der Waals surface area contributed by atoms with Crippen LogP contribution < -0.4 is 56.5 Å². The van der Waals surface area contributed by atoms with Gasteiger partial charge in [0, 0.05) is 0 Å². The van der Waals surface area contributed by atoms with E-state index in [4.69, 9.17) is 0 Å². The molecule has 0 radical (unpaired) electrons. The molecule has 0 spiro atoms. The summed E-state index contributed by atoms with van der Waals surface area (Å²) in [6.07, 6.45) is 4.31. The molecule has 0 N–H and O–H groups in total. The number of hydrogen-bond donors (Lipinski definition) is 0. The number of carboxylic acids is 1. The minimum absolute atomic E-state index is 0. The molecule has 0 saturated carbocycles. The van der Waals surface area contributed by atoms with Crippen LogP contribution in [0.3, 0.4) is 0 Å². The normalized spacial score (nSPS) is 16.2. The minimum atomic E-state index is -0.998.